The molecule has 0 saturated carbocycles. The number of nitrogens with one attached hydrogen (secondary N) is 1. The molecule has 7 heteroatoms. The van der Waals surface area contributed by atoms with E-state index in [0.29, 0.717) is 16.8 Å². The highest BCUT2D eigenvalue weighted by Gasteiger charge is 2.10. The first kappa shape index (κ1) is 16.1. The number of aromatic nitrogens is 3. The second-order valence-corrected chi connectivity index (χ2v) is 5.81. The zero-order valence-corrected chi connectivity index (χ0v) is 13.9. The first-order chi connectivity index (χ1) is 11.7. The van der Waals surface area contributed by atoms with Crippen LogP contribution in [0.4, 0.5) is 5.13 Å². The van der Waals surface area contributed by atoms with Crippen molar-refractivity contribution < 1.29 is 9.53 Å². The van der Waals surface area contributed by atoms with Crippen LogP contribution < -0.4 is 10.1 Å². The van der Waals surface area contributed by atoms with Crippen molar-refractivity contribution in [2.75, 3.05) is 11.9 Å². The summed E-state index contributed by atoms with van der Waals surface area (Å²) < 4.78 is 5.53. The number of rotatable bonds is 6. The third kappa shape index (κ3) is 4.14. The summed E-state index contributed by atoms with van der Waals surface area (Å²) in [6.07, 6.45) is 2.38. The Morgan fingerprint density at radius 2 is 2.08 bits per heavy atom. The number of hydrogen-bond acceptors (Lipinski definition) is 6. The predicted molar refractivity (Wildman–Crippen MR) is 93.1 cm³/mol. The molecule has 0 bridgehead atoms. The fraction of sp³-hybridized carbons (Fsp3) is 0.176. The van der Waals surface area contributed by atoms with E-state index in [4.69, 9.17) is 4.74 Å². The van der Waals surface area contributed by atoms with Crippen LogP contribution in [0.1, 0.15) is 12.6 Å². The van der Waals surface area contributed by atoms with Gasteiger partial charge in [-0.2, -0.15) is 4.98 Å². The van der Waals surface area contributed by atoms with Crippen molar-refractivity contribution in [3.05, 3.63) is 53.7 Å². The van der Waals surface area contributed by atoms with E-state index in [-0.39, 0.29) is 12.5 Å². The molecule has 24 heavy (non-hydrogen) atoms. The maximum Gasteiger partial charge on any atom is 0.264 e. The molecule has 0 aliphatic carbocycles. The van der Waals surface area contributed by atoms with Crippen LogP contribution in [0.2, 0.25) is 0 Å². The lowest BCUT2D eigenvalue weighted by Gasteiger charge is -2.09. The molecule has 1 amide bonds. The van der Waals surface area contributed by atoms with E-state index in [2.05, 4.69) is 20.3 Å². The van der Waals surface area contributed by atoms with Gasteiger partial charge in [-0.1, -0.05) is 37.3 Å². The molecule has 0 unspecified atom stereocenters. The number of anilines is 1. The second-order valence-electron chi connectivity index (χ2n) is 4.91. The van der Waals surface area contributed by atoms with Gasteiger partial charge in [0.1, 0.15) is 0 Å². The van der Waals surface area contributed by atoms with E-state index in [9.17, 15) is 4.79 Å². The molecule has 0 saturated heterocycles. The van der Waals surface area contributed by atoms with Crippen LogP contribution in [-0.2, 0) is 11.2 Å². The highest BCUT2D eigenvalue weighted by atomic mass is 32.1. The maximum absolute atomic E-state index is 11.9. The molecule has 3 rings (SSSR count). The molecule has 2 aromatic heterocycles. The van der Waals surface area contributed by atoms with Crippen LogP contribution in [-0.4, -0.2) is 27.5 Å². The molecule has 0 fully saturated rings. The summed E-state index contributed by atoms with van der Waals surface area (Å²) in [6.45, 7) is 1.88. The zero-order chi connectivity index (χ0) is 16.8. The summed E-state index contributed by atoms with van der Waals surface area (Å²) in [5.41, 5.74) is 1.77. The second kappa shape index (κ2) is 7.65. The average Bonchev–Trinajstić information content (AvgIpc) is 3.13. The molecule has 0 aliphatic rings. The molecule has 2 heterocycles. The van der Waals surface area contributed by atoms with E-state index in [0.717, 1.165) is 17.7 Å². The van der Waals surface area contributed by atoms with Gasteiger partial charge in [0.25, 0.3) is 5.91 Å². The first-order valence-electron chi connectivity index (χ1n) is 7.50. The number of aryl methyl sites for hydroxylation is 1. The van der Waals surface area contributed by atoms with Crippen molar-refractivity contribution in [3.8, 4) is 17.3 Å². The van der Waals surface area contributed by atoms with Crippen molar-refractivity contribution >= 4 is 22.4 Å². The molecule has 122 valence electrons. The molecule has 0 aliphatic heterocycles. The number of benzene rings is 1. The van der Waals surface area contributed by atoms with E-state index >= 15 is 0 Å². The Balaban J connectivity index is 1.72. The van der Waals surface area contributed by atoms with Gasteiger partial charge < -0.3 is 4.74 Å². The average molecular weight is 340 g/mol. The Bertz CT molecular complexity index is 807. The summed E-state index contributed by atoms with van der Waals surface area (Å²) in [5.74, 6) is 0.697. The predicted octanol–water partition coefficient (Wildman–Crippen LogP) is 3.18. The SMILES string of the molecule is CCc1cc(OCC(=O)Nc2nccs2)nc(-c2ccccc2)n1. The molecule has 1 aromatic carbocycles. The van der Waals surface area contributed by atoms with E-state index in [1.165, 1.54) is 11.3 Å². The standard InChI is InChI=1S/C17H16N4O2S/c1-2-13-10-15(21-16(19-13)12-6-4-3-5-7-12)23-11-14(22)20-17-18-8-9-24-17/h3-10H,2,11H2,1H3,(H,18,20,22). The Labute approximate surface area is 143 Å². The van der Waals surface area contributed by atoms with Crippen LogP contribution in [0.25, 0.3) is 11.4 Å². The minimum atomic E-state index is -0.275. The minimum Gasteiger partial charge on any atom is -0.467 e. The van der Waals surface area contributed by atoms with E-state index < -0.39 is 0 Å². The van der Waals surface area contributed by atoms with Crippen LogP contribution in [0.15, 0.2) is 48.0 Å². The van der Waals surface area contributed by atoms with Gasteiger partial charge in [-0.3, -0.25) is 10.1 Å². The van der Waals surface area contributed by atoms with Gasteiger partial charge in [0.05, 0.1) is 0 Å². The van der Waals surface area contributed by atoms with Crippen LogP contribution in [0, 0.1) is 0 Å². The number of carbonyl (C=O) groups excluding carboxylic acids is 1. The summed E-state index contributed by atoms with van der Waals surface area (Å²) in [5, 5.41) is 5.01. The number of nitrogens with zero attached hydrogens (tertiary/aromatic N) is 3. The molecule has 6 nitrogen and oxygen atoms in total. The Morgan fingerprint density at radius 1 is 1.25 bits per heavy atom. The van der Waals surface area contributed by atoms with Crippen molar-refractivity contribution in [3.63, 3.8) is 0 Å². The largest absolute Gasteiger partial charge is 0.467 e. The van der Waals surface area contributed by atoms with Gasteiger partial charge in [0, 0.05) is 28.9 Å². The third-order valence-electron chi connectivity index (χ3n) is 3.18. The number of ether oxygens (including phenoxy) is 1. The Hall–Kier alpha value is -2.80. The summed E-state index contributed by atoms with van der Waals surface area (Å²) in [4.78, 5) is 24.8. The maximum atomic E-state index is 11.9. The molecule has 0 spiro atoms. The monoisotopic (exact) mass is 340 g/mol. The molecule has 1 N–H and O–H groups in total. The van der Waals surface area contributed by atoms with Crippen LogP contribution in [0.5, 0.6) is 5.88 Å². The number of carbonyl (C=O) groups is 1. The summed E-state index contributed by atoms with van der Waals surface area (Å²) >= 11 is 1.35. The quantitative estimate of drug-likeness (QED) is 0.746. The van der Waals surface area contributed by atoms with Gasteiger partial charge in [-0.25, -0.2) is 9.97 Å². The fourth-order valence-corrected chi connectivity index (χ4v) is 2.57. The normalized spacial score (nSPS) is 10.4. The molecule has 3 aromatic rings. The Morgan fingerprint density at radius 3 is 2.79 bits per heavy atom. The van der Waals surface area contributed by atoms with Crippen molar-refractivity contribution in [1.29, 1.82) is 0 Å². The van der Waals surface area contributed by atoms with Gasteiger partial charge in [-0.05, 0) is 6.42 Å². The van der Waals surface area contributed by atoms with Gasteiger partial charge >= 0.3 is 0 Å². The van der Waals surface area contributed by atoms with E-state index in [1.54, 1.807) is 17.6 Å². The minimum absolute atomic E-state index is 0.131. The van der Waals surface area contributed by atoms with Gasteiger partial charge in [0.15, 0.2) is 17.6 Å². The van der Waals surface area contributed by atoms with Gasteiger partial charge in [0.2, 0.25) is 5.88 Å². The smallest absolute Gasteiger partial charge is 0.264 e. The van der Waals surface area contributed by atoms with Crippen molar-refractivity contribution in [2.45, 2.75) is 13.3 Å². The summed E-state index contributed by atoms with van der Waals surface area (Å²) in [7, 11) is 0. The number of thiazole rings is 1. The number of hydrogen-bond donors (Lipinski definition) is 1. The third-order valence-corrected chi connectivity index (χ3v) is 3.87. The fourth-order valence-electron chi connectivity index (χ4n) is 2.02. The first-order valence-corrected chi connectivity index (χ1v) is 8.38. The number of amides is 1. The van der Waals surface area contributed by atoms with E-state index in [1.807, 2.05) is 37.3 Å². The zero-order valence-electron chi connectivity index (χ0n) is 13.1. The van der Waals surface area contributed by atoms with Crippen molar-refractivity contribution in [2.24, 2.45) is 0 Å². The van der Waals surface area contributed by atoms with Crippen LogP contribution >= 0.6 is 11.3 Å². The highest BCUT2D eigenvalue weighted by Crippen LogP contribution is 2.19. The molecular weight excluding hydrogens is 324 g/mol. The molecule has 0 radical (unpaired) electrons. The topological polar surface area (TPSA) is 77.0 Å². The lowest BCUT2D eigenvalue weighted by atomic mass is 10.2. The Kier molecular flexibility index (Phi) is 5.12. The van der Waals surface area contributed by atoms with Crippen LogP contribution in [0.3, 0.4) is 0 Å². The van der Waals surface area contributed by atoms with Crippen molar-refractivity contribution in [1.82, 2.24) is 15.0 Å². The highest BCUT2D eigenvalue weighted by molar-refractivity contribution is 7.13. The lowest BCUT2D eigenvalue weighted by molar-refractivity contribution is -0.118. The lowest BCUT2D eigenvalue weighted by Crippen LogP contribution is -2.20. The summed E-state index contributed by atoms with van der Waals surface area (Å²) in [6, 6.07) is 11.4. The molecular formula is C17H16N4O2S. The molecule has 0 atom stereocenters. The van der Waals surface area contributed by atoms with Gasteiger partial charge in [-0.15, -0.1) is 11.3 Å².